The molecule has 0 radical (unpaired) electrons. The van der Waals surface area contributed by atoms with Gasteiger partial charge in [-0.1, -0.05) is 13.5 Å². The first-order valence-corrected chi connectivity index (χ1v) is 12.4. The Kier molecular flexibility index (Phi) is 5.17. The number of nitrogens with zero attached hydrogens (tertiary/aromatic N) is 1. The number of piperidine rings is 1. The molecule has 2 aromatic rings. The van der Waals surface area contributed by atoms with Crippen LogP contribution in [0.5, 0.6) is 11.5 Å². The number of aliphatic hydroxyl groups excluding tert-OH is 1. The molecule has 4 N–H and O–H groups in total. The smallest absolute Gasteiger partial charge is 0.255 e. The summed E-state index contributed by atoms with van der Waals surface area (Å²) in [5, 5.41) is 37.0. The number of halogens is 2. The first-order chi connectivity index (χ1) is 17.2. The average Bonchev–Trinajstić information content (AvgIpc) is 3.58. The molecule has 37 heavy (non-hydrogen) atoms. The van der Waals surface area contributed by atoms with E-state index in [1.54, 1.807) is 6.07 Å². The number of likely N-dealkylation sites (tertiary alicyclic amines) is 1. The Bertz CT molecular complexity index is 1360. The van der Waals surface area contributed by atoms with Gasteiger partial charge in [-0.25, -0.2) is 8.78 Å². The molecule has 2 bridgehead atoms. The van der Waals surface area contributed by atoms with Gasteiger partial charge in [0.15, 0.2) is 17.6 Å². The van der Waals surface area contributed by atoms with Crippen molar-refractivity contribution in [1.29, 1.82) is 0 Å². The van der Waals surface area contributed by atoms with Crippen molar-refractivity contribution in [2.45, 2.75) is 62.7 Å². The highest BCUT2D eigenvalue weighted by molar-refractivity contribution is 6.04. The van der Waals surface area contributed by atoms with Gasteiger partial charge in [0.1, 0.15) is 17.4 Å². The van der Waals surface area contributed by atoms with Gasteiger partial charge in [-0.05, 0) is 61.9 Å². The lowest BCUT2D eigenvalue weighted by molar-refractivity contribution is -0.172. The van der Waals surface area contributed by atoms with Crippen molar-refractivity contribution in [1.82, 2.24) is 4.90 Å². The van der Waals surface area contributed by atoms with Crippen LogP contribution in [0.3, 0.4) is 0 Å². The largest absolute Gasteiger partial charge is 0.508 e. The number of phenolic OH excluding ortho intramolecular Hbond substituents is 1. The third kappa shape index (κ3) is 3.13. The van der Waals surface area contributed by atoms with E-state index in [0.29, 0.717) is 36.9 Å². The van der Waals surface area contributed by atoms with E-state index in [9.17, 15) is 28.9 Å². The van der Waals surface area contributed by atoms with Gasteiger partial charge in [-0.15, -0.1) is 0 Å². The maximum atomic E-state index is 14.3. The summed E-state index contributed by atoms with van der Waals surface area (Å²) in [5.41, 5.74) is -1.13. The van der Waals surface area contributed by atoms with Crippen molar-refractivity contribution >= 4 is 11.6 Å². The van der Waals surface area contributed by atoms with Gasteiger partial charge < -0.3 is 25.4 Å². The molecule has 1 saturated heterocycles. The Balaban J connectivity index is 0.00000252. The molecule has 4 atom stereocenters. The summed E-state index contributed by atoms with van der Waals surface area (Å²) in [6, 6.07) is 5.90. The van der Waals surface area contributed by atoms with Crippen LogP contribution in [-0.2, 0) is 16.6 Å². The number of hydrogen-bond acceptors (Lipinski definition) is 6. The number of phenols is 1. The average molecular weight is 513 g/mol. The van der Waals surface area contributed by atoms with Crippen LogP contribution < -0.4 is 10.1 Å². The monoisotopic (exact) mass is 512 g/mol. The first-order valence-electron chi connectivity index (χ1n) is 12.4. The lowest BCUT2D eigenvalue weighted by Crippen LogP contribution is -2.75. The summed E-state index contributed by atoms with van der Waals surface area (Å²) in [4.78, 5) is 15.6. The van der Waals surface area contributed by atoms with Gasteiger partial charge in [-0.2, -0.15) is 0 Å². The molecule has 9 heteroatoms. The number of aliphatic hydroxyl groups is 2. The number of anilines is 1. The molecule has 0 aromatic heterocycles. The zero-order valence-corrected chi connectivity index (χ0v) is 19.4. The molecule has 1 amide bonds. The highest BCUT2D eigenvalue weighted by atomic mass is 19.1. The van der Waals surface area contributed by atoms with E-state index >= 15 is 0 Å². The lowest BCUT2D eigenvalue weighted by Gasteiger charge is -2.62. The molecule has 2 aliphatic heterocycles. The lowest BCUT2D eigenvalue weighted by atomic mass is 9.49. The number of nitrogens with one attached hydrogen (secondary N) is 1. The third-order valence-electron chi connectivity index (χ3n) is 8.97. The minimum atomic E-state index is -1.46. The van der Waals surface area contributed by atoms with Crippen LogP contribution in [-0.4, -0.2) is 57.0 Å². The molecule has 5 aliphatic rings. The Morgan fingerprint density at radius 1 is 1.19 bits per heavy atom. The van der Waals surface area contributed by atoms with E-state index in [1.165, 1.54) is 0 Å². The van der Waals surface area contributed by atoms with E-state index in [4.69, 9.17) is 4.74 Å². The number of ether oxygens (including phenoxy) is 1. The molecule has 2 fully saturated rings. The topological polar surface area (TPSA) is 102 Å². The second-order valence-corrected chi connectivity index (χ2v) is 10.9. The number of hydrogen-bond donors (Lipinski definition) is 4. The van der Waals surface area contributed by atoms with Crippen LogP contribution in [0.4, 0.5) is 14.5 Å². The van der Waals surface area contributed by atoms with Gasteiger partial charge in [0, 0.05) is 30.6 Å². The standard InChI is InChI=1S/C27H26F2N2O5.CH4/c28-15-4-5-18(17(29)10-15)30-25(34)16-11-27(35)20-9-14-3-6-19(32)23-21(14)26(27,24(36-23)22(16)33)7-8-31(20)12-13-1-2-13;/h3-6,10,13,20,24,32-33,35H,1-2,7-9,11-12H2,(H,30,34);1H4/t20-,24+,26+,27-;/m1./s1. The number of carbonyl (C=O) groups is 1. The summed E-state index contributed by atoms with van der Waals surface area (Å²) in [7, 11) is 0. The third-order valence-corrected chi connectivity index (χ3v) is 8.97. The van der Waals surface area contributed by atoms with Crippen LogP contribution in [0.25, 0.3) is 0 Å². The zero-order chi connectivity index (χ0) is 25.0. The molecule has 7 nitrogen and oxygen atoms in total. The molecule has 2 aromatic carbocycles. The summed E-state index contributed by atoms with van der Waals surface area (Å²) in [6.45, 7) is 1.56. The first kappa shape index (κ1) is 24.2. The number of benzene rings is 2. The summed E-state index contributed by atoms with van der Waals surface area (Å²) < 4.78 is 33.8. The maximum absolute atomic E-state index is 14.3. The van der Waals surface area contributed by atoms with Crippen LogP contribution in [0.15, 0.2) is 41.7 Å². The van der Waals surface area contributed by atoms with Crippen molar-refractivity contribution < 1.29 is 33.6 Å². The van der Waals surface area contributed by atoms with Crippen LogP contribution in [0, 0.1) is 17.6 Å². The number of amides is 1. The quantitative estimate of drug-likeness (QED) is 0.495. The SMILES string of the molecule is C.O=C(Nc1ccc(F)cc1F)C1=C(O)[C@@H]2Oc3c(O)ccc4c3[C@@]23CCN(CC2CC2)[C@H](C4)[C@]3(O)C1. The van der Waals surface area contributed by atoms with Gasteiger partial charge in [0.25, 0.3) is 5.91 Å². The minimum absolute atomic E-state index is 0. The predicted octanol–water partition coefficient (Wildman–Crippen LogP) is 3.93. The fraction of sp³-hybridized carbons (Fsp3) is 0.464. The molecule has 196 valence electrons. The molecule has 7 rings (SSSR count). The van der Waals surface area contributed by atoms with Gasteiger partial charge in [0.05, 0.1) is 22.3 Å². The van der Waals surface area contributed by atoms with Crippen molar-refractivity contribution in [3.63, 3.8) is 0 Å². The normalized spacial score (nSPS) is 31.3. The number of carbonyl (C=O) groups excluding carboxylic acids is 1. The Morgan fingerprint density at radius 2 is 1.97 bits per heavy atom. The highest BCUT2D eigenvalue weighted by Crippen LogP contribution is 2.66. The van der Waals surface area contributed by atoms with Crippen molar-refractivity contribution in [2.24, 2.45) is 5.92 Å². The molecular weight excluding hydrogens is 482 g/mol. The van der Waals surface area contributed by atoms with Crippen molar-refractivity contribution in [3.8, 4) is 11.5 Å². The minimum Gasteiger partial charge on any atom is -0.508 e. The van der Waals surface area contributed by atoms with E-state index in [0.717, 1.165) is 37.1 Å². The Hall–Kier alpha value is -3.17. The molecular formula is C28H30F2N2O5. The van der Waals surface area contributed by atoms with Gasteiger partial charge >= 0.3 is 0 Å². The van der Waals surface area contributed by atoms with E-state index < -0.39 is 34.7 Å². The summed E-state index contributed by atoms with van der Waals surface area (Å²) >= 11 is 0. The van der Waals surface area contributed by atoms with Crippen LogP contribution in [0.1, 0.15) is 44.2 Å². The van der Waals surface area contributed by atoms with Crippen molar-refractivity contribution in [3.05, 3.63) is 64.4 Å². The highest BCUT2D eigenvalue weighted by Gasteiger charge is 2.73. The molecule has 1 saturated carbocycles. The maximum Gasteiger partial charge on any atom is 0.255 e. The number of aromatic hydroxyl groups is 1. The van der Waals surface area contributed by atoms with Gasteiger partial charge in [-0.3, -0.25) is 9.69 Å². The fourth-order valence-corrected chi connectivity index (χ4v) is 7.16. The summed E-state index contributed by atoms with van der Waals surface area (Å²) in [6.07, 6.45) is 2.10. The second kappa shape index (κ2) is 7.91. The van der Waals surface area contributed by atoms with Crippen LogP contribution >= 0.6 is 0 Å². The molecule has 1 spiro atoms. The second-order valence-electron chi connectivity index (χ2n) is 10.9. The van der Waals surface area contributed by atoms with E-state index in [2.05, 4.69) is 10.2 Å². The molecule has 3 aliphatic carbocycles. The molecule has 2 heterocycles. The summed E-state index contributed by atoms with van der Waals surface area (Å²) in [5.74, 6) is -2.10. The van der Waals surface area contributed by atoms with Gasteiger partial charge in [0.2, 0.25) is 0 Å². The van der Waals surface area contributed by atoms with Crippen LogP contribution in [0.2, 0.25) is 0 Å². The Labute approximate surface area is 213 Å². The fourth-order valence-electron chi connectivity index (χ4n) is 7.16. The number of rotatable bonds is 4. The molecule has 0 unspecified atom stereocenters. The van der Waals surface area contributed by atoms with E-state index in [-0.39, 0.29) is 48.4 Å². The van der Waals surface area contributed by atoms with Crippen molar-refractivity contribution in [2.75, 3.05) is 18.4 Å². The van der Waals surface area contributed by atoms with E-state index in [1.807, 2.05) is 6.07 Å². The predicted molar refractivity (Wildman–Crippen MR) is 132 cm³/mol. The Morgan fingerprint density at radius 3 is 2.70 bits per heavy atom. The zero-order valence-electron chi connectivity index (χ0n) is 19.4.